The van der Waals surface area contributed by atoms with Crippen molar-refractivity contribution in [1.82, 2.24) is 4.90 Å². The van der Waals surface area contributed by atoms with Gasteiger partial charge >= 0.3 is 6.18 Å². The molecule has 0 N–H and O–H groups in total. The van der Waals surface area contributed by atoms with Crippen molar-refractivity contribution < 1.29 is 26.4 Å². The highest BCUT2D eigenvalue weighted by atomic mass is 32.2. The summed E-state index contributed by atoms with van der Waals surface area (Å²) < 4.78 is 61.4. The number of hydrogen-bond acceptors (Lipinski definition) is 3. The molecule has 0 saturated carbocycles. The lowest BCUT2D eigenvalue weighted by atomic mass is 10.1. The van der Waals surface area contributed by atoms with Gasteiger partial charge in [-0.15, -0.1) is 0 Å². The zero-order valence-corrected chi connectivity index (χ0v) is 15.2. The van der Waals surface area contributed by atoms with Gasteiger partial charge in [-0.25, -0.2) is 8.42 Å². The Morgan fingerprint density at radius 1 is 1.08 bits per heavy atom. The predicted molar refractivity (Wildman–Crippen MR) is 91.5 cm³/mol. The van der Waals surface area contributed by atoms with Crippen molar-refractivity contribution in [3.05, 3.63) is 65.2 Å². The number of nitrogens with zero attached hydrogens (tertiary/aromatic N) is 1. The molecule has 0 aliphatic heterocycles. The summed E-state index contributed by atoms with van der Waals surface area (Å²) in [7, 11) is -1.85. The van der Waals surface area contributed by atoms with Crippen molar-refractivity contribution in [3.63, 3.8) is 0 Å². The molecule has 1 amide bonds. The Morgan fingerprint density at radius 3 is 2.15 bits per heavy atom. The van der Waals surface area contributed by atoms with E-state index < -0.39 is 33.5 Å². The van der Waals surface area contributed by atoms with Gasteiger partial charge in [-0.1, -0.05) is 18.2 Å². The highest BCUT2D eigenvalue weighted by Crippen LogP contribution is 2.30. The van der Waals surface area contributed by atoms with Gasteiger partial charge in [-0.3, -0.25) is 4.79 Å². The molecule has 0 saturated heterocycles. The Bertz CT molecular complexity index is 906. The third kappa shape index (κ3) is 4.43. The number of benzene rings is 2. The molecular weight excluding hydrogens is 367 g/mol. The Kier molecular flexibility index (Phi) is 5.46. The molecule has 8 heteroatoms. The van der Waals surface area contributed by atoms with Gasteiger partial charge in [0.05, 0.1) is 16.5 Å². The third-order valence-corrected chi connectivity index (χ3v) is 5.26. The molecule has 0 bridgehead atoms. The van der Waals surface area contributed by atoms with Gasteiger partial charge in [0.1, 0.15) is 0 Å². The Balaban J connectivity index is 2.25. The average Bonchev–Trinajstić information content (AvgIpc) is 2.58. The second kappa shape index (κ2) is 7.11. The minimum Gasteiger partial charge on any atom is -0.335 e. The number of carbonyl (C=O) groups excluding carboxylic acids is 1. The summed E-state index contributed by atoms with van der Waals surface area (Å²) in [4.78, 5) is 14.0. The van der Waals surface area contributed by atoms with Crippen LogP contribution in [-0.2, 0) is 16.0 Å². The van der Waals surface area contributed by atoms with Crippen LogP contribution in [0.2, 0.25) is 0 Å². The predicted octanol–water partition coefficient (Wildman–Crippen LogP) is 3.94. The summed E-state index contributed by atoms with van der Waals surface area (Å²) in [6.07, 6.45) is -3.43. The van der Waals surface area contributed by atoms with Gasteiger partial charge in [-0.05, 0) is 42.8 Å². The van der Waals surface area contributed by atoms with Gasteiger partial charge in [0, 0.05) is 18.9 Å². The monoisotopic (exact) mass is 385 g/mol. The van der Waals surface area contributed by atoms with Crippen LogP contribution in [0.4, 0.5) is 13.2 Å². The molecule has 0 radical (unpaired) electrons. The van der Waals surface area contributed by atoms with E-state index in [0.29, 0.717) is 5.56 Å². The number of rotatable bonds is 4. The third-order valence-electron chi connectivity index (χ3n) is 4.13. The maximum absolute atomic E-state index is 12.8. The second-order valence-corrected chi connectivity index (χ2v) is 8.03. The molecule has 2 aromatic rings. The van der Waals surface area contributed by atoms with Crippen LogP contribution >= 0.6 is 0 Å². The van der Waals surface area contributed by atoms with Gasteiger partial charge in [-0.2, -0.15) is 13.2 Å². The van der Waals surface area contributed by atoms with E-state index in [4.69, 9.17) is 0 Å². The summed E-state index contributed by atoms with van der Waals surface area (Å²) in [5, 5.41) is 0. The molecule has 4 nitrogen and oxygen atoms in total. The Labute approximate surface area is 150 Å². The topological polar surface area (TPSA) is 54.5 Å². The first-order valence-corrected chi connectivity index (χ1v) is 9.55. The van der Waals surface area contributed by atoms with Gasteiger partial charge < -0.3 is 4.90 Å². The van der Waals surface area contributed by atoms with Crippen LogP contribution in [0.25, 0.3) is 0 Å². The summed E-state index contributed by atoms with van der Waals surface area (Å²) >= 11 is 0. The molecule has 0 aliphatic carbocycles. The van der Waals surface area contributed by atoms with Crippen LogP contribution in [0.5, 0.6) is 0 Å². The molecule has 2 rings (SSSR count). The number of alkyl halides is 3. The number of amides is 1. The molecule has 2 aromatic carbocycles. The Hall–Kier alpha value is -2.35. The van der Waals surface area contributed by atoms with Crippen molar-refractivity contribution in [2.24, 2.45) is 0 Å². The fourth-order valence-electron chi connectivity index (χ4n) is 2.43. The molecule has 0 heterocycles. The maximum atomic E-state index is 12.8. The molecule has 140 valence electrons. The molecule has 1 unspecified atom stereocenters. The van der Waals surface area contributed by atoms with E-state index >= 15 is 0 Å². The molecule has 26 heavy (non-hydrogen) atoms. The zero-order valence-electron chi connectivity index (χ0n) is 14.4. The van der Waals surface area contributed by atoms with Crippen LogP contribution in [0.15, 0.2) is 53.4 Å². The number of halogens is 3. The smallest absolute Gasteiger partial charge is 0.335 e. The molecule has 1 atom stereocenters. The number of carbonyl (C=O) groups is 1. The van der Waals surface area contributed by atoms with E-state index in [9.17, 15) is 26.4 Å². The van der Waals surface area contributed by atoms with Crippen molar-refractivity contribution in [3.8, 4) is 0 Å². The first kappa shape index (κ1) is 20.0. The number of sulfone groups is 1. The van der Waals surface area contributed by atoms with E-state index in [-0.39, 0.29) is 10.5 Å². The van der Waals surface area contributed by atoms with Crippen LogP contribution in [0, 0.1) is 0 Å². The minimum atomic E-state index is -4.53. The van der Waals surface area contributed by atoms with E-state index in [1.54, 1.807) is 19.1 Å². The molecule has 0 aliphatic rings. The van der Waals surface area contributed by atoms with Gasteiger partial charge in [0.15, 0.2) is 9.84 Å². The summed E-state index contributed by atoms with van der Waals surface area (Å²) in [5.41, 5.74) is -0.288. The lowest BCUT2D eigenvalue weighted by Crippen LogP contribution is -2.29. The molecular formula is C18H18F3NO3S. The van der Waals surface area contributed by atoms with E-state index in [1.807, 2.05) is 0 Å². The fraction of sp³-hybridized carbons (Fsp3) is 0.278. The molecule has 0 aromatic heterocycles. The zero-order chi connectivity index (χ0) is 19.7. The summed E-state index contributed by atoms with van der Waals surface area (Å²) in [6, 6.07) is 9.82. The van der Waals surface area contributed by atoms with Crippen LogP contribution < -0.4 is 0 Å². The first-order chi connectivity index (χ1) is 11.9. The SMILES string of the molecule is CC(c1ccc(S(C)(=O)=O)cc1)N(C)C(=O)c1cccc(C(F)(F)F)c1. The van der Waals surface area contributed by atoms with E-state index in [2.05, 4.69) is 0 Å². The minimum absolute atomic E-state index is 0.0677. The van der Waals surface area contributed by atoms with Crippen LogP contribution in [0.1, 0.15) is 34.5 Å². The standard InChI is InChI=1S/C18H18F3NO3S/c1-12(13-7-9-16(10-8-13)26(3,24)25)22(2)17(23)14-5-4-6-15(11-14)18(19,20)21/h4-12H,1-3H3. The van der Waals surface area contributed by atoms with E-state index in [1.165, 1.54) is 36.2 Å². The maximum Gasteiger partial charge on any atom is 0.416 e. The van der Waals surface area contributed by atoms with Crippen molar-refractivity contribution in [1.29, 1.82) is 0 Å². The molecule has 0 fully saturated rings. The first-order valence-electron chi connectivity index (χ1n) is 7.65. The van der Waals surface area contributed by atoms with Gasteiger partial charge in [0.25, 0.3) is 5.91 Å². The highest BCUT2D eigenvalue weighted by Gasteiger charge is 2.31. The lowest BCUT2D eigenvalue weighted by molar-refractivity contribution is -0.137. The Morgan fingerprint density at radius 2 is 1.65 bits per heavy atom. The number of hydrogen-bond donors (Lipinski definition) is 0. The van der Waals surface area contributed by atoms with Crippen molar-refractivity contribution in [2.75, 3.05) is 13.3 Å². The van der Waals surface area contributed by atoms with Crippen LogP contribution in [-0.4, -0.2) is 32.5 Å². The summed E-state index contributed by atoms with van der Waals surface area (Å²) in [5.74, 6) is -0.559. The normalized spacial score (nSPS) is 13.3. The average molecular weight is 385 g/mol. The highest BCUT2D eigenvalue weighted by molar-refractivity contribution is 7.90. The van der Waals surface area contributed by atoms with E-state index in [0.717, 1.165) is 18.4 Å². The quantitative estimate of drug-likeness (QED) is 0.801. The lowest BCUT2D eigenvalue weighted by Gasteiger charge is -2.26. The molecule has 0 spiro atoms. The van der Waals surface area contributed by atoms with Gasteiger partial charge in [0.2, 0.25) is 0 Å². The van der Waals surface area contributed by atoms with Crippen LogP contribution in [0.3, 0.4) is 0 Å². The van der Waals surface area contributed by atoms with Crippen molar-refractivity contribution >= 4 is 15.7 Å². The largest absolute Gasteiger partial charge is 0.416 e. The van der Waals surface area contributed by atoms with Crippen molar-refractivity contribution in [2.45, 2.75) is 24.0 Å². The second-order valence-electron chi connectivity index (χ2n) is 6.01. The fourth-order valence-corrected chi connectivity index (χ4v) is 3.06. The summed E-state index contributed by atoms with van der Waals surface area (Å²) in [6.45, 7) is 1.71.